The van der Waals surface area contributed by atoms with Gasteiger partial charge in [0.25, 0.3) is 0 Å². The number of hydrogen-bond acceptors (Lipinski definition) is 3. The number of nitrogens with zero attached hydrogens (tertiary/aromatic N) is 2. The topological polar surface area (TPSA) is 32.5 Å². The van der Waals surface area contributed by atoms with Crippen LogP contribution in [0.5, 0.6) is 0 Å². The first-order valence-corrected chi connectivity index (χ1v) is 15.0. The monoisotopic (exact) mass is 690 g/mol. The number of fused-ring (bicyclic) bond motifs is 8. The van der Waals surface area contributed by atoms with Gasteiger partial charge in [-0.2, -0.15) is 4.58 Å². The van der Waals surface area contributed by atoms with E-state index in [4.69, 9.17) is 8.83 Å². The highest BCUT2D eigenvalue weighted by atomic mass is 127. The lowest BCUT2D eigenvalue weighted by Crippen LogP contribution is -3.00. The van der Waals surface area contributed by atoms with Crippen molar-refractivity contribution < 1.29 is 37.4 Å². The molecule has 2 aliphatic heterocycles. The molecule has 0 fully saturated rings. The van der Waals surface area contributed by atoms with Crippen LogP contribution in [0, 0.1) is 0 Å². The van der Waals surface area contributed by atoms with E-state index < -0.39 is 0 Å². The zero-order valence-electron chi connectivity index (χ0n) is 25.9. The summed E-state index contributed by atoms with van der Waals surface area (Å²) in [5.41, 5.74) is 11.1. The fourth-order valence-corrected chi connectivity index (χ4v) is 7.45. The Kier molecular flexibility index (Phi) is 6.49. The van der Waals surface area contributed by atoms with Crippen molar-refractivity contribution in [2.24, 2.45) is 0 Å². The van der Waals surface area contributed by atoms with Crippen LogP contribution in [-0.2, 0) is 10.8 Å². The van der Waals surface area contributed by atoms with E-state index in [1.165, 1.54) is 55.5 Å². The fourth-order valence-electron chi connectivity index (χ4n) is 7.45. The molecule has 4 aromatic carbocycles. The third-order valence-electron chi connectivity index (χ3n) is 9.79. The van der Waals surface area contributed by atoms with Gasteiger partial charge < -0.3 is 37.7 Å². The van der Waals surface area contributed by atoms with E-state index in [-0.39, 0.29) is 34.8 Å². The maximum atomic E-state index is 6.20. The number of rotatable bonds is 3. The second-order valence-corrected chi connectivity index (χ2v) is 13.0. The van der Waals surface area contributed by atoms with Gasteiger partial charge >= 0.3 is 0 Å². The van der Waals surface area contributed by atoms with Crippen molar-refractivity contribution in [2.75, 3.05) is 19.0 Å². The average Bonchev–Trinajstić information content (AvgIpc) is 3.65. The van der Waals surface area contributed by atoms with Crippen LogP contribution < -0.4 is 28.9 Å². The van der Waals surface area contributed by atoms with Crippen LogP contribution in [0.4, 0.5) is 11.4 Å². The molecule has 220 valence electrons. The molecular formula is C39H35IN2O2. The van der Waals surface area contributed by atoms with Crippen LogP contribution in [0.3, 0.4) is 0 Å². The lowest BCUT2D eigenvalue weighted by Gasteiger charge is -2.23. The minimum Gasteiger partial charge on any atom is -1.00 e. The van der Waals surface area contributed by atoms with E-state index in [0.717, 1.165) is 22.3 Å². The minimum atomic E-state index is -0.129. The maximum absolute atomic E-state index is 6.20. The molecule has 0 radical (unpaired) electrons. The second-order valence-electron chi connectivity index (χ2n) is 13.0. The summed E-state index contributed by atoms with van der Waals surface area (Å²) in [7, 11) is 4.31. The summed E-state index contributed by atoms with van der Waals surface area (Å²) in [4.78, 5) is 2.30. The summed E-state index contributed by atoms with van der Waals surface area (Å²) in [5.74, 6) is 0. The molecule has 4 nitrogen and oxygen atoms in total. The fraction of sp³-hybridized carbons (Fsp3) is 0.205. The molecule has 0 atom stereocenters. The van der Waals surface area contributed by atoms with Crippen LogP contribution >= 0.6 is 0 Å². The van der Waals surface area contributed by atoms with Crippen molar-refractivity contribution >= 4 is 61.0 Å². The molecule has 0 bridgehead atoms. The van der Waals surface area contributed by atoms with Crippen molar-refractivity contribution in [1.29, 1.82) is 0 Å². The highest BCUT2D eigenvalue weighted by molar-refractivity contribution is 6.10. The van der Waals surface area contributed by atoms with Gasteiger partial charge in [0.1, 0.15) is 29.4 Å². The Bertz CT molecular complexity index is 2270. The number of halogens is 1. The molecular weight excluding hydrogens is 655 g/mol. The molecule has 0 saturated carbocycles. The minimum absolute atomic E-state index is 0. The number of furan rings is 2. The molecule has 8 rings (SSSR count). The summed E-state index contributed by atoms with van der Waals surface area (Å²) in [6.07, 6.45) is 10.9. The molecule has 0 N–H and O–H groups in total. The van der Waals surface area contributed by atoms with Crippen molar-refractivity contribution in [3.05, 3.63) is 120 Å². The van der Waals surface area contributed by atoms with E-state index >= 15 is 0 Å². The van der Waals surface area contributed by atoms with E-state index in [9.17, 15) is 0 Å². The number of anilines is 1. The van der Waals surface area contributed by atoms with Gasteiger partial charge in [0.15, 0.2) is 5.71 Å². The van der Waals surface area contributed by atoms with Gasteiger partial charge in [-0.15, -0.1) is 0 Å². The van der Waals surface area contributed by atoms with Crippen molar-refractivity contribution in [1.82, 2.24) is 0 Å². The Morgan fingerprint density at radius 1 is 0.659 bits per heavy atom. The van der Waals surface area contributed by atoms with E-state index in [0.29, 0.717) is 0 Å². The van der Waals surface area contributed by atoms with Crippen LogP contribution in [0.15, 0.2) is 118 Å². The highest BCUT2D eigenvalue weighted by Crippen LogP contribution is 2.49. The maximum Gasteiger partial charge on any atom is 0.213 e. The molecule has 5 heteroatoms. The lowest BCUT2D eigenvalue weighted by molar-refractivity contribution is -0.401. The van der Waals surface area contributed by atoms with E-state index in [1.807, 2.05) is 24.3 Å². The third-order valence-corrected chi connectivity index (χ3v) is 9.79. The number of allylic oxidation sites excluding steroid dienone is 6. The number of hydrogen-bond donors (Lipinski definition) is 0. The summed E-state index contributed by atoms with van der Waals surface area (Å²) < 4.78 is 14.7. The van der Waals surface area contributed by atoms with E-state index in [2.05, 4.69) is 130 Å². The zero-order valence-corrected chi connectivity index (χ0v) is 28.1. The first-order valence-electron chi connectivity index (χ1n) is 15.0. The highest BCUT2D eigenvalue weighted by Gasteiger charge is 2.43. The van der Waals surface area contributed by atoms with Crippen LogP contribution in [0.2, 0.25) is 0 Å². The predicted octanol–water partition coefficient (Wildman–Crippen LogP) is 6.92. The normalized spacial score (nSPS) is 18.1. The molecule has 6 aromatic rings. The van der Waals surface area contributed by atoms with Crippen molar-refractivity contribution in [3.63, 3.8) is 0 Å². The quantitative estimate of drug-likeness (QED) is 0.115. The Morgan fingerprint density at radius 2 is 1.25 bits per heavy atom. The summed E-state index contributed by atoms with van der Waals surface area (Å²) >= 11 is 0. The first-order chi connectivity index (χ1) is 20.7. The van der Waals surface area contributed by atoms with Crippen LogP contribution in [-0.4, -0.2) is 24.4 Å². The molecule has 2 aliphatic rings. The van der Waals surface area contributed by atoms with Crippen molar-refractivity contribution in [3.8, 4) is 0 Å². The number of benzene rings is 4. The molecule has 4 heterocycles. The first kappa shape index (κ1) is 28.7. The Morgan fingerprint density at radius 3 is 1.91 bits per heavy atom. The molecule has 0 saturated heterocycles. The van der Waals surface area contributed by atoms with Gasteiger partial charge in [0.05, 0.1) is 11.5 Å². The van der Waals surface area contributed by atoms with Crippen LogP contribution in [0.1, 0.15) is 38.8 Å². The largest absolute Gasteiger partial charge is 1.00 e. The molecule has 0 aliphatic carbocycles. The Labute approximate surface area is 274 Å². The Balaban J connectivity index is 0.00000312. The van der Waals surface area contributed by atoms with Gasteiger partial charge in [-0.3, -0.25) is 0 Å². The standard InChI is InChI=1S/C39H35N2O2.HI/c1-38(2)28-20-26-24-14-10-12-16-32(24)42-34(26)22-30(28)40(5)36(38)18-8-7-9-19-37-39(3,4)29-21-27-25-15-11-13-17-33(25)43-35(27)23-31(29)41(37)6;/h7-23H,1-6H3;1H/q+1;/p-1. The SMILES string of the molecule is CN1\C(=C/C=C/C=C/C2=[N+](C)c3cc4oc5ccccc5c4cc3C2(C)C)C(C)(C)c2cc3c(cc21)oc1ccccc13.[I-]. The molecule has 44 heavy (non-hydrogen) atoms. The molecule has 0 amide bonds. The van der Waals surface area contributed by atoms with Gasteiger partial charge in [-0.1, -0.05) is 68.5 Å². The molecule has 0 unspecified atom stereocenters. The molecule has 2 aromatic heterocycles. The summed E-state index contributed by atoms with van der Waals surface area (Å²) in [5, 5.41) is 4.70. The van der Waals surface area contributed by atoms with Crippen molar-refractivity contribution in [2.45, 2.75) is 38.5 Å². The summed E-state index contributed by atoms with van der Waals surface area (Å²) in [6.45, 7) is 9.23. The third kappa shape index (κ3) is 3.98. The molecule has 0 spiro atoms. The van der Waals surface area contributed by atoms with E-state index in [1.54, 1.807) is 0 Å². The predicted molar refractivity (Wildman–Crippen MR) is 179 cm³/mol. The number of para-hydroxylation sites is 2. The Hall–Kier alpha value is -4.10. The van der Waals surface area contributed by atoms with Gasteiger partial charge in [0.2, 0.25) is 5.69 Å². The van der Waals surface area contributed by atoms with Crippen LogP contribution in [0.25, 0.3) is 43.9 Å². The van der Waals surface area contributed by atoms with Gasteiger partial charge in [-0.25, -0.2) is 0 Å². The summed E-state index contributed by atoms with van der Waals surface area (Å²) in [6, 6.07) is 25.6. The van der Waals surface area contributed by atoms with Gasteiger partial charge in [0, 0.05) is 63.1 Å². The second kappa shape index (κ2) is 9.96. The average molecular weight is 691 g/mol. The zero-order chi connectivity index (χ0) is 29.7. The lowest BCUT2D eigenvalue weighted by atomic mass is 9.81. The van der Waals surface area contributed by atoms with Gasteiger partial charge in [-0.05, 0) is 49.8 Å². The smallest absolute Gasteiger partial charge is 0.213 e. The number of likely N-dealkylation sites (N-methyl/N-ethyl adjacent to an activating group) is 1.